The fourth-order valence-corrected chi connectivity index (χ4v) is 3.48. The molecule has 1 aliphatic rings. The van der Waals surface area contributed by atoms with Crippen molar-refractivity contribution in [1.29, 1.82) is 0 Å². The number of aliphatic hydroxyl groups is 1. The summed E-state index contributed by atoms with van der Waals surface area (Å²) >= 11 is 1.75. The first kappa shape index (κ1) is 15.3. The van der Waals surface area contributed by atoms with Gasteiger partial charge in [-0.05, 0) is 23.9 Å². The molecule has 1 aromatic heterocycles. The summed E-state index contributed by atoms with van der Waals surface area (Å²) in [5.74, 6) is 1.65. The molecule has 0 radical (unpaired) electrons. The van der Waals surface area contributed by atoms with E-state index in [1.54, 1.807) is 11.3 Å². The molecule has 0 amide bonds. The van der Waals surface area contributed by atoms with Crippen LogP contribution in [-0.2, 0) is 13.1 Å². The van der Waals surface area contributed by atoms with Crippen molar-refractivity contribution in [3.63, 3.8) is 0 Å². The van der Waals surface area contributed by atoms with E-state index in [1.807, 2.05) is 12.1 Å². The van der Waals surface area contributed by atoms with Crippen LogP contribution >= 0.6 is 11.3 Å². The normalized spacial score (nSPS) is 14.5. The quantitative estimate of drug-likeness (QED) is 0.850. The molecule has 0 fully saturated rings. The molecule has 0 aliphatic carbocycles. The Balaban J connectivity index is 1.82. The lowest BCUT2D eigenvalue weighted by molar-refractivity contribution is 0.106. The standard InChI is InChI=1S/C17H21NO3S/c1-2-14(11-19)18(10-15-6-4-8-22-15)9-13-5-3-7-16-17(13)21-12-20-16/h3-8,14,19H,2,9-12H2,1H3/t14-/m0/s1. The zero-order chi connectivity index (χ0) is 15.4. The molecular weight excluding hydrogens is 298 g/mol. The minimum atomic E-state index is 0.139. The summed E-state index contributed by atoms with van der Waals surface area (Å²) in [4.78, 5) is 3.61. The molecule has 2 heterocycles. The number of hydrogen-bond acceptors (Lipinski definition) is 5. The van der Waals surface area contributed by atoms with Crippen LogP contribution in [0.25, 0.3) is 0 Å². The second kappa shape index (κ2) is 7.13. The molecule has 5 heteroatoms. The lowest BCUT2D eigenvalue weighted by Gasteiger charge is -2.29. The highest BCUT2D eigenvalue weighted by molar-refractivity contribution is 7.09. The fourth-order valence-electron chi connectivity index (χ4n) is 2.75. The van der Waals surface area contributed by atoms with Crippen LogP contribution in [0.3, 0.4) is 0 Å². The van der Waals surface area contributed by atoms with E-state index < -0.39 is 0 Å². The van der Waals surface area contributed by atoms with E-state index in [9.17, 15) is 5.11 Å². The van der Waals surface area contributed by atoms with Crippen molar-refractivity contribution in [2.24, 2.45) is 0 Å². The summed E-state index contributed by atoms with van der Waals surface area (Å²) in [5.41, 5.74) is 1.11. The smallest absolute Gasteiger partial charge is 0.231 e. The van der Waals surface area contributed by atoms with Crippen molar-refractivity contribution in [1.82, 2.24) is 4.90 Å². The van der Waals surface area contributed by atoms with Crippen molar-refractivity contribution in [2.45, 2.75) is 32.5 Å². The van der Waals surface area contributed by atoms with Crippen LogP contribution in [0, 0.1) is 0 Å². The summed E-state index contributed by atoms with van der Waals surface area (Å²) in [6, 6.07) is 10.3. The number of aliphatic hydroxyl groups excluding tert-OH is 1. The minimum absolute atomic E-state index is 0.139. The van der Waals surface area contributed by atoms with Crippen LogP contribution in [0.2, 0.25) is 0 Å². The Morgan fingerprint density at radius 1 is 1.23 bits per heavy atom. The van der Waals surface area contributed by atoms with E-state index in [4.69, 9.17) is 9.47 Å². The highest BCUT2D eigenvalue weighted by Crippen LogP contribution is 2.36. The summed E-state index contributed by atoms with van der Waals surface area (Å²) in [6.07, 6.45) is 0.911. The highest BCUT2D eigenvalue weighted by Gasteiger charge is 2.22. The molecule has 3 rings (SSSR count). The lowest BCUT2D eigenvalue weighted by atomic mass is 10.1. The number of fused-ring (bicyclic) bond motifs is 1. The van der Waals surface area contributed by atoms with Gasteiger partial charge in [-0.15, -0.1) is 11.3 Å². The monoisotopic (exact) mass is 319 g/mol. The average molecular weight is 319 g/mol. The van der Waals surface area contributed by atoms with Gasteiger partial charge < -0.3 is 14.6 Å². The van der Waals surface area contributed by atoms with Crippen molar-refractivity contribution in [3.05, 3.63) is 46.2 Å². The molecular formula is C17H21NO3S. The Kier molecular flexibility index (Phi) is 4.97. The Morgan fingerprint density at radius 2 is 2.14 bits per heavy atom. The predicted octanol–water partition coefficient (Wildman–Crippen LogP) is 3.25. The number of para-hydroxylation sites is 1. The van der Waals surface area contributed by atoms with E-state index in [-0.39, 0.29) is 19.4 Å². The maximum Gasteiger partial charge on any atom is 0.231 e. The van der Waals surface area contributed by atoms with E-state index in [2.05, 4.69) is 35.4 Å². The second-order valence-electron chi connectivity index (χ2n) is 5.38. The third-order valence-corrected chi connectivity index (χ3v) is 4.85. The first-order chi connectivity index (χ1) is 10.8. The van der Waals surface area contributed by atoms with E-state index >= 15 is 0 Å². The van der Waals surface area contributed by atoms with E-state index in [1.165, 1.54) is 4.88 Å². The molecule has 0 saturated carbocycles. The molecule has 4 nitrogen and oxygen atoms in total. The van der Waals surface area contributed by atoms with Crippen LogP contribution in [0.1, 0.15) is 23.8 Å². The van der Waals surface area contributed by atoms with Crippen LogP contribution in [0.4, 0.5) is 0 Å². The topological polar surface area (TPSA) is 41.9 Å². The zero-order valence-corrected chi connectivity index (χ0v) is 13.5. The first-order valence-electron chi connectivity index (χ1n) is 7.56. The van der Waals surface area contributed by atoms with Gasteiger partial charge in [0.1, 0.15) is 0 Å². The molecule has 0 spiro atoms. The second-order valence-corrected chi connectivity index (χ2v) is 6.41. The third-order valence-electron chi connectivity index (χ3n) is 3.99. The van der Waals surface area contributed by atoms with Gasteiger partial charge in [-0.25, -0.2) is 0 Å². The number of thiophene rings is 1. The summed E-state index contributed by atoms with van der Waals surface area (Å²) in [7, 11) is 0. The molecule has 1 N–H and O–H groups in total. The molecule has 0 saturated heterocycles. The molecule has 0 bridgehead atoms. The Morgan fingerprint density at radius 3 is 2.86 bits per heavy atom. The molecule has 22 heavy (non-hydrogen) atoms. The van der Waals surface area contributed by atoms with Gasteiger partial charge in [0.15, 0.2) is 11.5 Å². The van der Waals surface area contributed by atoms with Gasteiger partial charge in [-0.2, -0.15) is 0 Å². The largest absolute Gasteiger partial charge is 0.454 e. The van der Waals surface area contributed by atoms with Gasteiger partial charge in [0.05, 0.1) is 6.61 Å². The molecule has 2 aromatic rings. The van der Waals surface area contributed by atoms with E-state index in [0.29, 0.717) is 0 Å². The number of rotatable bonds is 7. The summed E-state index contributed by atoms with van der Waals surface area (Å²) in [6.45, 7) is 4.13. The van der Waals surface area contributed by atoms with Crippen LogP contribution < -0.4 is 9.47 Å². The Labute approximate surface area is 134 Å². The van der Waals surface area contributed by atoms with Crippen molar-refractivity contribution >= 4 is 11.3 Å². The average Bonchev–Trinajstić information content (AvgIpc) is 3.19. The highest BCUT2D eigenvalue weighted by atomic mass is 32.1. The van der Waals surface area contributed by atoms with Crippen molar-refractivity contribution in [3.8, 4) is 11.5 Å². The van der Waals surface area contributed by atoms with Crippen molar-refractivity contribution in [2.75, 3.05) is 13.4 Å². The van der Waals surface area contributed by atoms with Gasteiger partial charge in [0.25, 0.3) is 0 Å². The lowest BCUT2D eigenvalue weighted by Crippen LogP contribution is -2.36. The molecule has 1 aromatic carbocycles. The number of ether oxygens (including phenoxy) is 2. The molecule has 0 unspecified atom stereocenters. The number of nitrogens with zero attached hydrogens (tertiary/aromatic N) is 1. The predicted molar refractivity (Wildman–Crippen MR) is 87.3 cm³/mol. The van der Waals surface area contributed by atoms with Gasteiger partial charge >= 0.3 is 0 Å². The minimum Gasteiger partial charge on any atom is -0.454 e. The number of hydrogen-bond donors (Lipinski definition) is 1. The zero-order valence-electron chi connectivity index (χ0n) is 12.7. The Hall–Kier alpha value is -1.56. The Bertz CT molecular complexity index is 596. The summed E-state index contributed by atoms with van der Waals surface area (Å²) in [5, 5.41) is 11.8. The maximum absolute atomic E-state index is 9.70. The third kappa shape index (κ3) is 3.27. The van der Waals surface area contributed by atoms with Crippen LogP contribution in [0.15, 0.2) is 35.7 Å². The first-order valence-corrected chi connectivity index (χ1v) is 8.44. The summed E-state index contributed by atoms with van der Waals surface area (Å²) < 4.78 is 11.1. The molecule has 1 aliphatic heterocycles. The molecule has 118 valence electrons. The van der Waals surface area contributed by atoms with Gasteiger partial charge in [0, 0.05) is 29.6 Å². The fraction of sp³-hybridized carbons (Fsp3) is 0.412. The maximum atomic E-state index is 9.70. The van der Waals surface area contributed by atoms with E-state index in [0.717, 1.165) is 36.6 Å². The van der Waals surface area contributed by atoms with Gasteiger partial charge in [0.2, 0.25) is 6.79 Å². The van der Waals surface area contributed by atoms with Crippen molar-refractivity contribution < 1.29 is 14.6 Å². The van der Waals surface area contributed by atoms with Gasteiger partial charge in [-0.1, -0.05) is 25.1 Å². The van der Waals surface area contributed by atoms with Crippen LogP contribution in [-0.4, -0.2) is 29.4 Å². The van der Waals surface area contributed by atoms with Crippen LogP contribution in [0.5, 0.6) is 11.5 Å². The number of benzene rings is 1. The SMILES string of the molecule is CC[C@@H](CO)N(Cc1cccs1)Cc1cccc2c1OCO2. The van der Waals surface area contributed by atoms with Gasteiger partial charge in [-0.3, -0.25) is 4.90 Å². The molecule has 1 atom stereocenters.